The molecule has 0 aliphatic heterocycles. The van der Waals surface area contributed by atoms with Gasteiger partial charge in [-0.3, -0.25) is 4.79 Å². The predicted octanol–water partition coefficient (Wildman–Crippen LogP) is 3.42. The van der Waals surface area contributed by atoms with Crippen LogP contribution in [0.1, 0.15) is 26.7 Å². The number of hydrogen-bond donors (Lipinski definition) is 2. The molecule has 2 rings (SSSR count). The number of amides is 1. The molecule has 1 amide bonds. The first-order valence-corrected chi connectivity index (χ1v) is 7.25. The van der Waals surface area contributed by atoms with Crippen molar-refractivity contribution in [3.05, 3.63) is 43.0 Å². The molecule has 0 saturated carbocycles. The van der Waals surface area contributed by atoms with Crippen molar-refractivity contribution in [2.45, 2.75) is 26.7 Å². The maximum Gasteiger partial charge on any atom is 0.231 e. The SMILES string of the molecule is CCC(CC)(CN)C(=O)Nc1cccc(-n2ccnc2)c1.Cl.Cl. The lowest BCUT2D eigenvalue weighted by Gasteiger charge is -2.28. The van der Waals surface area contributed by atoms with Crippen LogP contribution in [0.2, 0.25) is 0 Å². The molecule has 0 radical (unpaired) electrons. The monoisotopic (exact) mass is 358 g/mol. The van der Waals surface area contributed by atoms with Gasteiger partial charge in [0.2, 0.25) is 5.91 Å². The van der Waals surface area contributed by atoms with E-state index in [0.29, 0.717) is 6.54 Å². The van der Waals surface area contributed by atoms with Crippen molar-refractivity contribution in [1.82, 2.24) is 9.55 Å². The fraction of sp³-hybridized carbons (Fsp3) is 0.375. The molecule has 0 fully saturated rings. The number of rotatable bonds is 6. The Bertz CT molecular complexity index is 590. The summed E-state index contributed by atoms with van der Waals surface area (Å²) in [6.07, 6.45) is 6.77. The number of benzene rings is 1. The average molecular weight is 359 g/mol. The van der Waals surface area contributed by atoms with Crippen LogP contribution in [0, 0.1) is 5.41 Å². The minimum Gasteiger partial charge on any atom is -0.329 e. The molecule has 2 aromatic rings. The van der Waals surface area contributed by atoms with Gasteiger partial charge in [-0.1, -0.05) is 19.9 Å². The zero-order chi connectivity index (χ0) is 15.3. The summed E-state index contributed by atoms with van der Waals surface area (Å²) < 4.78 is 1.89. The molecule has 0 aliphatic carbocycles. The van der Waals surface area contributed by atoms with Crippen molar-refractivity contribution < 1.29 is 4.79 Å². The second-order valence-electron chi connectivity index (χ2n) is 5.17. The highest BCUT2D eigenvalue weighted by Gasteiger charge is 2.33. The van der Waals surface area contributed by atoms with Gasteiger partial charge in [0.1, 0.15) is 0 Å². The lowest BCUT2D eigenvalue weighted by atomic mass is 9.81. The first-order chi connectivity index (χ1) is 10.1. The Morgan fingerprint density at radius 2 is 2.00 bits per heavy atom. The molecule has 23 heavy (non-hydrogen) atoms. The molecule has 5 nitrogen and oxygen atoms in total. The Labute approximate surface area is 149 Å². The molecule has 1 heterocycles. The van der Waals surface area contributed by atoms with E-state index in [1.165, 1.54) is 0 Å². The molecule has 1 aromatic heterocycles. The minimum atomic E-state index is -0.495. The molecular weight excluding hydrogens is 335 g/mol. The molecule has 3 N–H and O–H groups in total. The van der Waals surface area contributed by atoms with Gasteiger partial charge in [0.25, 0.3) is 0 Å². The largest absolute Gasteiger partial charge is 0.329 e. The molecule has 0 aliphatic rings. The van der Waals surface area contributed by atoms with Gasteiger partial charge >= 0.3 is 0 Å². The zero-order valence-corrected chi connectivity index (χ0v) is 15.0. The lowest BCUT2D eigenvalue weighted by molar-refractivity contribution is -0.125. The summed E-state index contributed by atoms with van der Waals surface area (Å²) in [7, 11) is 0. The summed E-state index contributed by atoms with van der Waals surface area (Å²) in [4.78, 5) is 16.5. The molecule has 0 spiro atoms. The van der Waals surface area contributed by atoms with Crippen molar-refractivity contribution >= 4 is 36.4 Å². The van der Waals surface area contributed by atoms with E-state index in [9.17, 15) is 4.79 Å². The predicted molar refractivity (Wildman–Crippen MR) is 98.8 cm³/mol. The third kappa shape index (κ3) is 4.70. The maximum atomic E-state index is 12.5. The van der Waals surface area contributed by atoms with Crippen molar-refractivity contribution in [2.75, 3.05) is 11.9 Å². The van der Waals surface area contributed by atoms with Crippen LogP contribution < -0.4 is 11.1 Å². The van der Waals surface area contributed by atoms with Crippen molar-refractivity contribution in [2.24, 2.45) is 11.1 Å². The Morgan fingerprint density at radius 1 is 1.30 bits per heavy atom. The Balaban J connectivity index is 0.00000242. The normalized spacial score (nSPS) is 10.4. The quantitative estimate of drug-likeness (QED) is 0.830. The van der Waals surface area contributed by atoms with Crippen molar-refractivity contribution in [3.63, 3.8) is 0 Å². The van der Waals surface area contributed by atoms with E-state index in [4.69, 9.17) is 5.73 Å². The van der Waals surface area contributed by atoms with Crippen LogP contribution in [0.4, 0.5) is 5.69 Å². The fourth-order valence-corrected chi connectivity index (χ4v) is 2.37. The standard InChI is InChI=1S/C16H22N4O.2ClH/c1-3-16(4-2,11-17)15(21)19-13-6-5-7-14(10-13)20-9-8-18-12-20;;/h5-10,12H,3-4,11,17H2,1-2H3,(H,19,21);2*1H. The van der Waals surface area contributed by atoms with Crippen LogP contribution in [0.15, 0.2) is 43.0 Å². The maximum absolute atomic E-state index is 12.5. The van der Waals surface area contributed by atoms with Crippen LogP contribution in [0.5, 0.6) is 0 Å². The van der Waals surface area contributed by atoms with E-state index in [1.807, 2.05) is 48.9 Å². The third-order valence-electron chi connectivity index (χ3n) is 4.13. The number of carbonyl (C=O) groups excluding carboxylic acids is 1. The third-order valence-corrected chi connectivity index (χ3v) is 4.13. The highest BCUT2D eigenvalue weighted by molar-refractivity contribution is 5.95. The number of nitrogens with one attached hydrogen (secondary N) is 1. The number of anilines is 1. The number of halogens is 2. The summed E-state index contributed by atoms with van der Waals surface area (Å²) in [5, 5.41) is 2.99. The molecule has 0 unspecified atom stereocenters. The van der Waals surface area contributed by atoms with E-state index >= 15 is 0 Å². The van der Waals surface area contributed by atoms with Crippen LogP contribution in [-0.4, -0.2) is 22.0 Å². The van der Waals surface area contributed by atoms with Crippen LogP contribution in [0.25, 0.3) is 5.69 Å². The summed E-state index contributed by atoms with van der Waals surface area (Å²) >= 11 is 0. The van der Waals surface area contributed by atoms with E-state index < -0.39 is 5.41 Å². The van der Waals surface area contributed by atoms with Crippen LogP contribution in [-0.2, 0) is 4.79 Å². The molecule has 0 bridgehead atoms. The number of nitrogens with two attached hydrogens (primary N) is 1. The lowest BCUT2D eigenvalue weighted by Crippen LogP contribution is -2.41. The van der Waals surface area contributed by atoms with E-state index in [1.54, 1.807) is 12.5 Å². The van der Waals surface area contributed by atoms with E-state index in [-0.39, 0.29) is 30.7 Å². The molecule has 7 heteroatoms. The highest BCUT2D eigenvalue weighted by atomic mass is 35.5. The van der Waals surface area contributed by atoms with Gasteiger partial charge in [0.15, 0.2) is 0 Å². The van der Waals surface area contributed by atoms with Crippen LogP contribution in [0.3, 0.4) is 0 Å². The smallest absolute Gasteiger partial charge is 0.231 e. The average Bonchev–Trinajstić information content (AvgIpc) is 3.04. The van der Waals surface area contributed by atoms with Gasteiger partial charge in [0.05, 0.1) is 11.7 Å². The second-order valence-corrected chi connectivity index (χ2v) is 5.17. The van der Waals surface area contributed by atoms with Gasteiger partial charge in [-0.25, -0.2) is 4.98 Å². The van der Waals surface area contributed by atoms with Gasteiger partial charge in [-0.2, -0.15) is 0 Å². The summed E-state index contributed by atoms with van der Waals surface area (Å²) in [6.45, 7) is 4.35. The van der Waals surface area contributed by atoms with Gasteiger partial charge in [0, 0.05) is 30.3 Å². The van der Waals surface area contributed by atoms with Crippen molar-refractivity contribution in [1.29, 1.82) is 0 Å². The molecule has 128 valence electrons. The van der Waals surface area contributed by atoms with Gasteiger partial charge in [-0.15, -0.1) is 24.8 Å². The summed E-state index contributed by atoms with van der Waals surface area (Å²) in [5.74, 6) is -0.0159. The Morgan fingerprint density at radius 3 is 2.52 bits per heavy atom. The van der Waals surface area contributed by atoms with E-state index in [0.717, 1.165) is 24.2 Å². The number of aromatic nitrogens is 2. The van der Waals surface area contributed by atoms with Crippen LogP contribution >= 0.6 is 24.8 Å². The Hall–Kier alpha value is -1.56. The van der Waals surface area contributed by atoms with Crippen molar-refractivity contribution in [3.8, 4) is 5.69 Å². The zero-order valence-electron chi connectivity index (χ0n) is 13.4. The highest BCUT2D eigenvalue weighted by Crippen LogP contribution is 2.27. The summed E-state index contributed by atoms with van der Waals surface area (Å²) in [6, 6.07) is 7.68. The Kier molecular flexibility index (Phi) is 8.90. The topological polar surface area (TPSA) is 72.9 Å². The second kappa shape index (κ2) is 9.55. The first kappa shape index (κ1) is 21.4. The van der Waals surface area contributed by atoms with E-state index in [2.05, 4.69) is 10.3 Å². The minimum absolute atomic E-state index is 0. The number of imidazole rings is 1. The molecule has 1 aromatic carbocycles. The fourth-order valence-electron chi connectivity index (χ4n) is 2.37. The van der Waals surface area contributed by atoms with Gasteiger partial charge in [-0.05, 0) is 31.0 Å². The molecule has 0 atom stereocenters. The summed E-state index contributed by atoms with van der Waals surface area (Å²) in [5.41, 5.74) is 7.05. The number of nitrogens with zero attached hydrogens (tertiary/aromatic N) is 2. The number of hydrogen-bond acceptors (Lipinski definition) is 3. The molecule has 0 saturated heterocycles. The van der Waals surface area contributed by atoms with Gasteiger partial charge < -0.3 is 15.6 Å². The molecular formula is C16H24Cl2N4O. The number of carbonyl (C=O) groups is 1. The first-order valence-electron chi connectivity index (χ1n) is 7.25.